The summed E-state index contributed by atoms with van der Waals surface area (Å²) in [6.07, 6.45) is 8.88. The van der Waals surface area contributed by atoms with E-state index >= 15 is 0 Å². The van der Waals surface area contributed by atoms with Crippen LogP contribution in [0.25, 0.3) is 0 Å². The molecule has 4 heteroatoms. The lowest BCUT2D eigenvalue weighted by molar-refractivity contribution is 0.0551. The van der Waals surface area contributed by atoms with Gasteiger partial charge in [0.1, 0.15) is 12.4 Å². The van der Waals surface area contributed by atoms with Crippen molar-refractivity contribution >= 4 is 0 Å². The summed E-state index contributed by atoms with van der Waals surface area (Å²) >= 11 is 0. The number of ether oxygens (including phenoxy) is 1. The quantitative estimate of drug-likeness (QED) is 0.749. The maximum Gasteiger partial charge on any atom is 0.156 e. The third-order valence-electron chi connectivity index (χ3n) is 2.97. The SMILES string of the molecule is c1ncc(OC2CC3CC(C2)N3)cn1. The van der Waals surface area contributed by atoms with Crippen molar-refractivity contribution in [1.82, 2.24) is 15.3 Å². The number of nitrogens with one attached hydrogen (secondary N) is 1. The highest BCUT2D eigenvalue weighted by Gasteiger charge is 2.38. The van der Waals surface area contributed by atoms with Crippen molar-refractivity contribution in [3.8, 4) is 5.75 Å². The highest BCUT2D eigenvalue weighted by Crippen LogP contribution is 2.30. The van der Waals surface area contributed by atoms with Gasteiger partial charge in [-0.15, -0.1) is 0 Å². The number of aromatic nitrogens is 2. The van der Waals surface area contributed by atoms with Gasteiger partial charge in [0.05, 0.1) is 12.4 Å². The lowest BCUT2D eigenvalue weighted by Crippen LogP contribution is -2.60. The molecule has 3 heterocycles. The monoisotopic (exact) mass is 191 g/mol. The standard InChI is InChI=1S/C10H13N3O/c1-7-2-9(3-8(1)13-7)14-10-4-11-6-12-5-10/h4-9,13H,1-3H2. The van der Waals surface area contributed by atoms with E-state index in [2.05, 4.69) is 15.3 Å². The zero-order valence-electron chi connectivity index (χ0n) is 7.89. The van der Waals surface area contributed by atoms with Gasteiger partial charge >= 0.3 is 0 Å². The van der Waals surface area contributed by atoms with E-state index in [0.29, 0.717) is 18.2 Å². The van der Waals surface area contributed by atoms with Crippen LogP contribution < -0.4 is 10.1 Å². The average molecular weight is 191 g/mol. The molecule has 0 spiro atoms. The zero-order valence-corrected chi connectivity index (χ0v) is 7.89. The van der Waals surface area contributed by atoms with E-state index in [1.807, 2.05) is 0 Å². The van der Waals surface area contributed by atoms with Crippen LogP contribution in [0.4, 0.5) is 0 Å². The Morgan fingerprint density at radius 2 is 1.79 bits per heavy atom. The first-order valence-corrected chi connectivity index (χ1v) is 5.08. The van der Waals surface area contributed by atoms with Crippen molar-refractivity contribution in [1.29, 1.82) is 0 Å². The Balaban J connectivity index is 1.63. The van der Waals surface area contributed by atoms with Gasteiger partial charge in [-0.05, 0) is 19.3 Å². The van der Waals surface area contributed by atoms with Crippen molar-refractivity contribution < 1.29 is 4.74 Å². The van der Waals surface area contributed by atoms with E-state index in [4.69, 9.17) is 4.74 Å². The van der Waals surface area contributed by atoms with Gasteiger partial charge in [-0.1, -0.05) is 0 Å². The number of nitrogens with zero attached hydrogens (tertiary/aromatic N) is 2. The largest absolute Gasteiger partial charge is 0.487 e. The molecule has 3 aliphatic rings. The summed E-state index contributed by atoms with van der Waals surface area (Å²) in [5.41, 5.74) is 0. The molecule has 0 radical (unpaired) electrons. The molecule has 14 heavy (non-hydrogen) atoms. The molecule has 1 aromatic heterocycles. The molecule has 74 valence electrons. The normalized spacial score (nSPS) is 34.7. The van der Waals surface area contributed by atoms with Crippen molar-refractivity contribution in [2.24, 2.45) is 0 Å². The van der Waals surface area contributed by atoms with Crippen LogP contribution >= 0.6 is 0 Å². The molecular weight excluding hydrogens is 178 g/mol. The van der Waals surface area contributed by atoms with Gasteiger partial charge in [-0.25, -0.2) is 9.97 Å². The Bertz CT molecular complexity index is 300. The van der Waals surface area contributed by atoms with E-state index in [0.717, 1.165) is 18.6 Å². The minimum absolute atomic E-state index is 0.353. The molecule has 2 atom stereocenters. The fourth-order valence-corrected chi connectivity index (χ4v) is 2.35. The molecule has 1 N–H and O–H groups in total. The molecule has 4 rings (SSSR count). The summed E-state index contributed by atoms with van der Waals surface area (Å²) < 4.78 is 5.79. The molecule has 0 aromatic carbocycles. The first kappa shape index (κ1) is 8.17. The summed E-state index contributed by atoms with van der Waals surface area (Å²) in [5.74, 6) is 0.791. The summed E-state index contributed by atoms with van der Waals surface area (Å²) in [5, 5.41) is 3.48. The van der Waals surface area contributed by atoms with Crippen molar-refractivity contribution in [3.05, 3.63) is 18.7 Å². The summed E-state index contributed by atoms with van der Waals surface area (Å²) in [4.78, 5) is 7.86. The lowest BCUT2D eigenvalue weighted by Gasteiger charge is -2.46. The van der Waals surface area contributed by atoms with Crippen molar-refractivity contribution in [3.63, 3.8) is 0 Å². The third kappa shape index (κ3) is 1.46. The zero-order chi connectivity index (χ0) is 9.38. The predicted octanol–water partition coefficient (Wildman–Crippen LogP) is 0.748. The molecule has 2 unspecified atom stereocenters. The highest BCUT2D eigenvalue weighted by atomic mass is 16.5. The van der Waals surface area contributed by atoms with Crippen LogP contribution in [0.5, 0.6) is 5.75 Å². The van der Waals surface area contributed by atoms with Gasteiger partial charge in [0.25, 0.3) is 0 Å². The summed E-state index contributed by atoms with van der Waals surface area (Å²) in [7, 11) is 0. The molecule has 1 aromatic rings. The van der Waals surface area contributed by atoms with Gasteiger partial charge in [0.15, 0.2) is 5.75 Å². The molecule has 1 aliphatic carbocycles. The number of hydrogen-bond acceptors (Lipinski definition) is 4. The molecule has 4 nitrogen and oxygen atoms in total. The number of rotatable bonds is 2. The van der Waals surface area contributed by atoms with Crippen LogP contribution in [0.1, 0.15) is 19.3 Å². The molecule has 0 amide bonds. The Hall–Kier alpha value is -1.16. The maximum absolute atomic E-state index is 5.79. The Labute approximate surface area is 82.7 Å². The second kappa shape index (κ2) is 3.20. The van der Waals surface area contributed by atoms with Crippen LogP contribution in [-0.4, -0.2) is 28.2 Å². The predicted molar refractivity (Wildman–Crippen MR) is 51.0 cm³/mol. The molecule has 1 saturated carbocycles. The molecular formula is C10H13N3O. The van der Waals surface area contributed by atoms with Crippen LogP contribution in [-0.2, 0) is 0 Å². The number of hydrogen-bond donors (Lipinski definition) is 1. The van der Waals surface area contributed by atoms with Crippen LogP contribution in [0.2, 0.25) is 0 Å². The van der Waals surface area contributed by atoms with Gasteiger partial charge in [0.2, 0.25) is 0 Å². The van der Waals surface area contributed by atoms with Crippen LogP contribution in [0, 0.1) is 0 Å². The summed E-state index contributed by atoms with van der Waals surface area (Å²) in [6, 6.07) is 1.37. The third-order valence-corrected chi connectivity index (χ3v) is 2.97. The minimum Gasteiger partial charge on any atom is -0.487 e. The van der Waals surface area contributed by atoms with E-state index < -0.39 is 0 Å². The first-order chi connectivity index (χ1) is 6.90. The number of piperidine rings is 1. The average Bonchev–Trinajstić information content (AvgIpc) is 2.18. The Morgan fingerprint density at radius 3 is 2.43 bits per heavy atom. The molecule has 2 aliphatic heterocycles. The van der Waals surface area contributed by atoms with Crippen LogP contribution in [0.3, 0.4) is 0 Å². The van der Waals surface area contributed by atoms with Gasteiger partial charge < -0.3 is 10.1 Å². The number of fused-ring (bicyclic) bond motifs is 2. The van der Waals surface area contributed by atoms with Crippen LogP contribution in [0.15, 0.2) is 18.7 Å². The van der Waals surface area contributed by atoms with Gasteiger partial charge in [-0.3, -0.25) is 0 Å². The Kier molecular flexibility index (Phi) is 1.87. The Morgan fingerprint density at radius 1 is 1.14 bits per heavy atom. The molecule has 2 saturated heterocycles. The molecule has 2 bridgehead atoms. The second-order valence-corrected chi connectivity index (χ2v) is 4.08. The fourth-order valence-electron chi connectivity index (χ4n) is 2.35. The van der Waals surface area contributed by atoms with E-state index in [9.17, 15) is 0 Å². The van der Waals surface area contributed by atoms with E-state index in [-0.39, 0.29) is 0 Å². The smallest absolute Gasteiger partial charge is 0.156 e. The highest BCUT2D eigenvalue weighted by molar-refractivity contribution is 5.11. The summed E-state index contributed by atoms with van der Waals surface area (Å²) in [6.45, 7) is 0. The van der Waals surface area contributed by atoms with E-state index in [1.54, 1.807) is 12.4 Å². The first-order valence-electron chi connectivity index (χ1n) is 5.08. The minimum atomic E-state index is 0.353. The molecule has 3 fully saturated rings. The maximum atomic E-state index is 5.79. The van der Waals surface area contributed by atoms with Crippen molar-refractivity contribution in [2.45, 2.75) is 37.5 Å². The van der Waals surface area contributed by atoms with E-state index in [1.165, 1.54) is 12.7 Å². The van der Waals surface area contributed by atoms with Gasteiger partial charge in [0, 0.05) is 12.1 Å². The van der Waals surface area contributed by atoms with Crippen molar-refractivity contribution in [2.75, 3.05) is 0 Å². The lowest BCUT2D eigenvalue weighted by atomic mass is 9.81. The second-order valence-electron chi connectivity index (χ2n) is 4.08. The fraction of sp³-hybridized carbons (Fsp3) is 0.600. The van der Waals surface area contributed by atoms with Gasteiger partial charge in [-0.2, -0.15) is 0 Å². The topological polar surface area (TPSA) is 47.0 Å².